The molecule has 2 rings (SSSR count). The maximum atomic E-state index is 11.7. The number of primary amides is 1. The van der Waals surface area contributed by atoms with Gasteiger partial charge in [-0.15, -0.1) is 0 Å². The van der Waals surface area contributed by atoms with Crippen LogP contribution in [0.5, 0.6) is 0 Å². The topological polar surface area (TPSA) is 68.0 Å². The van der Waals surface area contributed by atoms with Crippen molar-refractivity contribution in [2.75, 3.05) is 0 Å². The Morgan fingerprint density at radius 3 is 2.63 bits per heavy atom. The number of carbonyl (C=O) groups is 1. The van der Waals surface area contributed by atoms with Gasteiger partial charge in [0.15, 0.2) is 0 Å². The smallest absolute Gasteiger partial charge is 0.239 e. The summed E-state index contributed by atoms with van der Waals surface area (Å²) in [7, 11) is 0. The van der Waals surface area contributed by atoms with Crippen molar-refractivity contribution in [3.63, 3.8) is 0 Å². The van der Waals surface area contributed by atoms with E-state index >= 15 is 0 Å². The van der Waals surface area contributed by atoms with E-state index in [4.69, 9.17) is 5.73 Å². The van der Waals surface area contributed by atoms with E-state index in [1.807, 2.05) is 13.0 Å². The van der Waals surface area contributed by atoms with Crippen LogP contribution in [0.1, 0.15) is 55.7 Å². The van der Waals surface area contributed by atoms with Crippen molar-refractivity contribution in [3.8, 4) is 0 Å². The van der Waals surface area contributed by atoms with Gasteiger partial charge >= 0.3 is 0 Å². The first-order valence-corrected chi connectivity index (χ1v) is 7.14. The van der Waals surface area contributed by atoms with Gasteiger partial charge in [-0.3, -0.25) is 15.1 Å². The van der Waals surface area contributed by atoms with Crippen LogP contribution < -0.4 is 11.1 Å². The molecular weight excluding hydrogens is 238 g/mol. The molecule has 1 aliphatic rings. The lowest BCUT2D eigenvalue weighted by Crippen LogP contribution is -2.40. The van der Waals surface area contributed by atoms with E-state index in [0.29, 0.717) is 6.04 Å². The highest BCUT2D eigenvalue weighted by atomic mass is 16.1. The van der Waals surface area contributed by atoms with Gasteiger partial charge in [0.25, 0.3) is 0 Å². The number of nitrogens with one attached hydrogen (secondary N) is 1. The summed E-state index contributed by atoms with van der Waals surface area (Å²) in [4.78, 5) is 15.9. The Hall–Kier alpha value is -1.42. The van der Waals surface area contributed by atoms with Gasteiger partial charge in [-0.25, -0.2) is 0 Å². The second-order valence-corrected chi connectivity index (χ2v) is 5.42. The first-order valence-electron chi connectivity index (χ1n) is 7.14. The third-order valence-corrected chi connectivity index (χ3v) is 3.93. The molecule has 3 N–H and O–H groups in total. The number of pyridine rings is 1. The summed E-state index contributed by atoms with van der Waals surface area (Å²) in [6.45, 7) is 1.99. The average Bonchev–Trinajstić information content (AvgIpc) is 2.65. The minimum atomic E-state index is -0.420. The minimum absolute atomic E-state index is 0.319. The number of hydrogen-bond donors (Lipinski definition) is 2. The standard InChI is InChI=1S/C15H23N3O/c1-11-8-9-17-10-13(11)14(15(16)19)18-12-6-4-2-3-5-7-12/h8-10,12,14,18H,2-7H2,1H3,(H2,16,19). The molecule has 4 heteroatoms. The molecule has 19 heavy (non-hydrogen) atoms. The van der Waals surface area contributed by atoms with E-state index in [1.54, 1.807) is 12.4 Å². The number of hydrogen-bond acceptors (Lipinski definition) is 3. The van der Waals surface area contributed by atoms with Crippen molar-refractivity contribution in [1.29, 1.82) is 0 Å². The van der Waals surface area contributed by atoms with E-state index in [2.05, 4.69) is 10.3 Å². The van der Waals surface area contributed by atoms with Crippen molar-refractivity contribution in [2.24, 2.45) is 5.73 Å². The Kier molecular flexibility index (Phi) is 4.91. The highest BCUT2D eigenvalue weighted by molar-refractivity contribution is 5.81. The quantitative estimate of drug-likeness (QED) is 0.817. The molecular formula is C15H23N3O. The Balaban J connectivity index is 2.12. The van der Waals surface area contributed by atoms with Crippen LogP contribution in [-0.4, -0.2) is 16.9 Å². The van der Waals surface area contributed by atoms with Crippen molar-refractivity contribution >= 4 is 5.91 Å². The zero-order valence-electron chi connectivity index (χ0n) is 11.6. The van der Waals surface area contributed by atoms with Crippen LogP contribution in [0, 0.1) is 6.92 Å². The van der Waals surface area contributed by atoms with E-state index < -0.39 is 6.04 Å². The third kappa shape index (κ3) is 3.77. The predicted octanol–water partition coefficient (Wildman–Crippen LogP) is 2.23. The molecule has 1 saturated carbocycles. The SMILES string of the molecule is Cc1ccncc1C(NC1CCCCCC1)C(N)=O. The van der Waals surface area contributed by atoms with Crippen LogP contribution in [0.25, 0.3) is 0 Å². The summed E-state index contributed by atoms with van der Waals surface area (Å²) < 4.78 is 0. The Bertz CT molecular complexity index is 425. The van der Waals surface area contributed by atoms with Crippen LogP contribution in [0.4, 0.5) is 0 Å². The number of nitrogens with two attached hydrogens (primary N) is 1. The van der Waals surface area contributed by atoms with Gasteiger partial charge in [-0.1, -0.05) is 25.7 Å². The molecule has 4 nitrogen and oxygen atoms in total. The first kappa shape index (κ1) is 14.0. The number of amides is 1. The molecule has 0 aromatic carbocycles. The molecule has 1 unspecified atom stereocenters. The minimum Gasteiger partial charge on any atom is -0.368 e. The van der Waals surface area contributed by atoms with Crippen LogP contribution in [0.15, 0.2) is 18.5 Å². The van der Waals surface area contributed by atoms with Crippen molar-refractivity contribution in [2.45, 2.75) is 57.5 Å². The third-order valence-electron chi connectivity index (χ3n) is 3.93. The van der Waals surface area contributed by atoms with Crippen molar-refractivity contribution < 1.29 is 4.79 Å². The maximum absolute atomic E-state index is 11.7. The average molecular weight is 261 g/mol. The van der Waals surface area contributed by atoms with Gasteiger partial charge in [0.05, 0.1) is 0 Å². The molecule has 1 heterocycles. The first-order chi connectivity index (χ1) is 9.18. The molecule has 0 aliphatic heterocycles. The van der Waals surface area contributed by atoms with E-state index in [1.165, 1.54) is 25.7 Å². The molecule has 1 aromatic heterocycles. The van der Waals surface area contributed by atoms with Crippen LogP contribution >= 0.6 is 0 Å². The second kappa shape index (κ2) is 6.66. The second-order valence-electron chi connectivity index (χ2n) is 5.42. The number of aromatic nitrogens is 1. The maximum Gasteiger partial charge on any atom is 0.239 e. The highest BCUT2D eigenvalue weighted by Gasteiger charge is 2.23. The lowest BCUT2D eigenvalue weighted by molar-refractivity contribution is -0.120. The summed E-state index contributed by atoms with van der Waals surface area (Å²) >= 11 is 0. The number of carbonyl (C=O) groups excluding carboxylic acids is 1. The zero-order chi connectivity index (χ0) is 13.7. The fraction of sp³-hybridized carbons (Fsp3) is 0.600. The summed E-state index contributed by atoms with van der Waals surface area (Å²) in [5.74, 6) is -0.319. The lowest BCUT2D eigenvalue weighted by Gasteiger charge is -2.24. The monoisotopic (exact) mass is 261 g/mol. The molecule has 104 valence electrons. The molecule has 0 bridgehead atoms. The number of aryl methyl sites for hydroxylation is 1. The van der Waals surface area contributed by atoms with Gasteiger partial charge in [0, 0.05) is 18.4 Å². The van der Waals surface area contributed by atoms with Crippen molar-refractivity contribution in [3.05, 3.63) is 29.6 Å². The summed E-state index contributed by atoms with van der Waals surface area (Å²) in [6, 6.07) is 1.89. The Labute approximate surface area is 114 Å². The molecule has 0 radical (unpaired) electrons. The largest absolute Gasteiger partial charge is 0.368 e. The van der Waals surface area contributed by atoms with Gasteiger partial charge in [-0.2, -0.15) is 0 Å². The molecule has 0 saturated heterocycles. The summed E-state index contributed by atoms with van der Waals surface area (Å²) in [5.41, 5.74) is 7.52. The van der Waals surface area contributed by atoms with Crippen LogP contribution in [-0.2, 0) is 4.79 Å². The van der Waals surface area contributed by atoms with Crippen molar-refractivity contribution in [1.82, 2.24) is 10.3 Å². The van der Waals surface area contributed by atoms with Gasteiger partial charge in [0.1, 0.15) is 6.04 Å². The number of rotatable bonds is 4. The van der Waals surface area contributed by atoms with Gasteiger partial charge < -0.3 is 5.73 Å². The van der Waals surface area contributed by atoms with E-state index in [9.17, 15) is 4.79 Å². The highest BCUT2D eigenvalue weighted by Crippen LogP contribution is 2.22. The fourth-order valence-electron chi connectivity index (χ4n) is 2.79. The fourth-order valence-corrected chi connectivity index (χ4v) is 2.79. The van der Waals surface area contributed by atoms with Gasteiger partial charge in [-0.05, 0) is 37.0 Å². The zero-order valence-corrected chi connectivity index (χ0v) is 11.6. The molecule has 1 amide bonds. The lowest BCUT2D eigenvalue weighted by atomic mass is 10.0. The van der Waals surface area contributed by atoms with Crippen LogP contribution in [0.3, 0.4) is 0 Å². The molecule has 1 fully saturated rings. The molecule has 1 aliphatic carbocycles. The van der Waals surface area contributed by atoms with E-state index in [-0.39, 0.29) is 5.91 Å². The van der Waals surface area contributed by atoms with E-state index in [0.717, 1.165) is 24.0 Å². The van der Waals surface area contributed by atoms with Crippen LogP contribution in [0.2, 0.25) is 0 Å². The van der Waals surface area contributed by atoms with Gasteiger partial charge in [0.2, 0.25) is 5.91 Å². The molecule has 0 spiro atoms. The normalized spacial score (nSPS) is 18.8. The molecule has 1 atom stereocenters. The summed E-state index contributed by atoms with van der Waals surface area (Å²) in [5, 5.41) is 3.44. The predicted molar refractivity (Wildman–Crippen MR) is 75.5 cm³/mol. The molecule has 1 aromatic rings. The Morgan fingerprint density at radius 1 is 1.37 bits per heavy atom. The summed E-state index contributed by atoms with van der Waals surface area (Å²) in [6.07, 6.45) is 10.8. The number of nitrogens with zero attached hydrogens (tertiary/aromatic N) is 1. The Morgan fingerprint density at radius 2 is 2.05 bits per heavy atom.